The maximum absolute atomic E-state index is 5.44. The van der Waals surface area contributed by atoms with Crippen molar-refractivity contribution in [1.29, 1.82) is 0 Å². The van der Waals surface area contributed by atoms with Gasteiger partial charge >= 0.3 is 0 Å². The molecule has 0 bridgehead atoms. The molecule has 2 N–H and O–H groups in total. The van der Waals surface area contributed by atoms with E-state index >= 15 is 0 Å². The third-order valence-corrected chi connectivity index (χ3v) is 2.53. The van der Waals surface area contributed by atoms with Gasteiger partial charge in [0.25, 0.3) is 0 Å². The largest absolute Gasteiger partial charge is 0.374 e. The van der Waals surface area contributed by atoms with Crippen molar-refractivity contribution in [3.05, 3.63) is 5.01 Å². The van der Waals surface area contributed by atoms with Gasteiger partial charge in [-0.2, -0.15) is 0 Å². The van der Waals surface area contributed by atoms with E-state index in [2.05, 4.69) is 15.1 Å². The summed E-state index contributed by atoms with van der Waals surface area (Å²) in [6, 6.07) is 0. The molecule has 1 aromatic rings. The molecule has 0 radical (unpaired) electrons. The third kappa shape index (κ3) is 1.49. The molecule has 0 aliphatic carbocycles. The van der Waals surface area contributed by atoms with Crippen LogP contribution in [0.5, 0.6) is 0 Å². The summed E-state index contributed by atoms with van der Waals surface area (Å²) < 4.78 is 0. The summed E-state index contributed by atoms with van der Waals surface area (Å²) in [5.41, 5.74) is 5.44. The molecule has 0 unspecified atom stereocenters. The first-order valence-corrected chi connectivity index (χ1v) is 4.46. The van der Waals surface area contributed by atoms with Gasteiger partial charge in [-0.3, -0.25) is 4.90 Å². The molecule has 0 aromatic carbocycles. The van der Waals surface area contributed by atoms with Gasteiger partial charge < -0.3 is 5.73 Å². The van der Waals surface area contributed by atoms with Gasteiger partial charge in [0.05, 0.1) is 6.54 Å². The molecule has 1 saturated heterocycles. The highest BCUT2D eigenvalue weighted by Crippen LogP contribution is 2.16. The average molecular weight is 170 g/mol. The van der Waals surface area contributed by atoms with E-state index in [1.807, 2.05) is 0 Å². The van der Waals surface area contributed by atoms with E-state index in [9.17, 15) is 0 Å². The Morgan fingerprint density at radius 3 is 2.73 bits per heavy atom. The van der Waals surface area contributed by atoms with E-state index in [0.717, 1.165) is 11.6 Å². The Balaban J connectivity index is 1.95. The molecule has 1 aliphatic heterocycles. The monoisotopic (exact) mass is 170 g/mol. The van der Waals surface area contributed by atoms with E-state index in [4.69, 9.17) is 5.73 Å². The molecule has 0 amide bonds. The number of rotatable bonds is 2. The molecule has 1 fully saturated rings. The first-order chi connectivity index (χ1) is 5.34. The zero-order valence-electron chi connectivity index (χ0n) is 6.16. The Hall–Kier alpha value is -0.680. The normalized spacial score (nSPS) is 18.2. The Morgan fingerprint density at radius 2 is 2.27 bits per heavy atom. The van der Waals surface area contributed by atoms with E-state index in [1.165, 1.54) is 30.8 Å². The molecule has 1 aliphatic rings. The van der Waals surface area contributed by atoms with Crippen LogP contribution in [0.25, 0.3) is 0 Å². The van der Waals surface area contributed by atoms with E-state index in [0.29, 0.717) is 5.13 Å². The zero-order valence-corrected chi connectivity index (χ0v) is 6.97. The molecule has 2 heterocycles. The van der Waals surface area contributed by atoms with E-state index in [1.54, 1.807) is 0 Å². The SMILES string of the molecule is Nc1nnc(CN2CCC2)s1. The summed E-state index contributed by atoms with van der Waals surface area (Å²) in [7, 11) is 0. The fraction of sp³-hybridized carbons (Fsp3) is 0.667. The van der Waals surface area contributed by atoms with Crippen molar-refractivity contribution < 1.29 is 0 Å². The van der Waals surface area contributed by atoms with Gasteiger partial charge in [0.2, 0.25) is 5.13 Å². The number of hydrogen-bond acceptors (Lipinski definition) is 5. The first-order valence-electron chi connectivity index (χ1n) is 3.65. The van der Waals surface area contributed by atoms with Gasteiger partial charge in [0, 0.05) is 0 Å². The van der Waals surface area contributed by atoms with Crippen molar-refractivity contribution in [2.75, 3.05) is 18.8 Å². The van der Waals surface area contributed by atoms with Crippen LogP contribution in [-0.2, 0) is 6.54 Å². The Morgan fingerprint density at radius 1 is 1.45 bits per heavy atom. The number of aromatic nitrogens is 2. The fourth-order valence-corrected chi connectivity index (χ4v) is 1.71. The summed E-state index contributed by atoms with van der Waals surface area (Å²) in [6.07, 6.45) is 1.31. The third-order valence-electron chi connectivity index (χ3n) is 1.79. The quantitative estimate of drug-likeness (QED) is 0.694. The maximum atomic E-state index is 5.44. The maximum Gasteiger partial charge on any atom is 0.203 e. The predicted molar refractivity (Wildman–Crippen MR) is 44.2 cm³/mol. The van der Waals surface area contributed by atoms with Crippen molar-refractivity contribution in [2.24, 2.45) is 0 Å². The van der Waals surface area contributed by atoms with Crippen molar-refractivity contribution in [2.45, 2.75) is 13.0 Å². The summed E-state index contributed by atoms with van der Waals surface area (Å²) >= 11 is 1.48. The number of nitrogens with zero attached hydrogens (tertiary/aromatic N) is 3. The highest BCUT2D eigenvalue weighted by molar-refractivity contribution is 7.15. The Bertz CT molecular complexity index is 242. The summed E-state index contributed by atoms with van der Waals surface area (Å²) in [4.78, 5) is 2.33. The van der Waals surface area contributed by atoms with Crippen LogP contribution in [0.15, 0.2) is 0 Å². The minimum Gasteiger partial charge on any atom is -0.374 e. The van der Waals surface area contributed by atoms with Crippen molar-refractivity contribution in [3.63, 3.8) is 0 Å². The topological polar surface area (TPSA) is 55.0 Å². The molecule has 0 saturated carbocycles. The molecule has 5 heteroatoms. The molecular weight excluding hydrogens is 160 g/mol. The van der Waals surface area contributed by atoms with Gasteiger partial charge in [-0.1, -0.05) is 11.3 Å². The van der Waals surface area contributed by atoms with E-state index in [-0.39, 0.29) is 0 Å². The lowest BCUT2D eigenvalue weighted by Crippen LogP contribution is -2.36. The van der Waals surface area contributed by atoms with Crippen molar-refractivity contribution >= 4 is 16.5 Å². The molecule has 2 rings (SSSR count). The van der Waals surface area contributed by atoms with Crippen LogP contribution >= 0.6 is 11.3 Å². The van der Waals surface area contributed by atoms with Crippen LogP contribution in [0, 0.1) is 0 Å². The highest BCUT2D eigenvalue weighted by atomic mass is 32.1. The smallest absolute Gasteiger partial charge is 0.203 e. The molecular formula is C6H10N4S. The minimum atomic E-state index is 0.570. The molecule has 60 valence electrons. The first kappa shape index (κ1) is 7.00. The van der Waals surface area contributed by atoms with Gasteiger partial charge in [0.15, 0.2) is 0 Å². The van der Waals surface area contributed by atoms with Crippen LogP contribution in [0.3, 0.4) is 0 Å². The summed E-state index contributed by atoms with van der Waals surface area (Å²) in [5, 5.41) is 9.29. The fourth-order valence-electron chi connectivity index (χ4n) is 1.06. The summed E-state index contributed by atoms with van der Waals surface area (Å²) in [5.74, 6) is 0. The highest BCUT2D eigenvalue weighted by Gasteiger charge is 2.15. The van der Waals surface area contributed by atoms with Crippen LogP contribution in [0.1, 0.15) is 11.4 Å². The molecule has 11 heavy (non-hydrogen) atoms. The van der Waals surface area contributed by atoms with Crippen LogP contribution in [-0.4, -0.2) is 28.2 Å². The lowest BCUT2D eigenvalue weighted by molar-refractivity contribution is 0.172. The minimum absolute atomic E-state index is 0.570. The van der Waals surface area contributed by atoms with Gasteiger partial charge in [-0.25, -0.2) is 0 Å². The van der Waals surface area contributed by atoms with E-state index < -0.39 is 0 Å². The Labute approximate surface area is 69.0 Å². The zero-order chi connectivity index (χ0) is 7.68. The van der Waals surface area contributed by atoms with Crippen molar-refractivity contribution in [1.82, 2.24) is 15.1 Å². The number of anilines is 1. The molecule has 0 spiro atoms. The van der Waals surface area contributed by atoms with Gasteiger partial charge in [-0.15, -0.1) is 10.2 Å². The molecule has 1 aromatic heterocycles. The van der Waals surface area contributed by atoms with Crippen molar-refractivity contribution in [3.8, 4) is 0 Å². The standard InChI is InChI=1S/C6H10N4S/c7-6-9-8-5(11-6)4-10-2-1-3-10/h1-4H2,(H2,7,9). The second-order valence-electron chi connectivity index (χ2n) is 2.66. The summed E-state index contributed by atoms with van der Waals surface area (Å²) in [6.45, 7) is 3.31. The molecule has 4 nitrogen and oxygen atoms in total. The number of nitrogen functional groups attached to an aromatic ring is 1. The number of hydrogen-bond donors (Lipinski definition) is 1. The average Bonchev–Trinajstić information content (AvgIpc) is 2.27. The molecule has 0 atom stereocenters. The second-order valence-corrected chi connectivity index (χ2v) is 3.76. The van der Waals surface area contributed by atoms with Crippen LogP contribution < -0.4 is 5.73 Å². The number of nitrogens with two attached hydrogens (primary N) is 1. The second kappa shape index (κ2) is 2.75. The van der Waals surface area contributed by atoms with Gasteiger partial charge in [-0.05, 0) is 19.5 Å². The lowest BCUT2D eigenvalue weighted by Gasteiger charge is -2.29. The Kier molecular flexibility index (Phi) is 1.75. The number of likely N-dealkylation sites (tertiary alicyclic amines) is 1. The van der Waals surface area contributed by atoms with Crippen LogP contribution in [0.2, 0.25) is 0 Å². The predicted octanol–water partition coefficient (Wildman–Crippen LogP) is 0.326. The lowest BCUT2D eigenvalue weighted by atomic mass is 10.2. The van der Waals surface area contributed by atoms with Gasteiger partial charge in [0.1, 0.15) is 5.01 Å². The van der Waals surface area contributed by atoms with Crippen LogP contribution in [0.4, 0.5) is 5.13 Å².